The van der Waals surface area contributed by atoms with Crippen LogP contribution >= 0.6 is 11.3 Å². The van der Waals surface area contributed by atoms with Crippen molar-refractivity contribution < 1.29 is 4.74 Å². The second-order valence-corrected chi connectivity index (χ2v) is 6.22. The molecule has 0 saturated carbocycles. The molecule has 0 aliphatic heterocycles. The fourth-order valence-corrected chi connectivity index (χ4v) is 3.43. The summed E-state index contributed by atoms with van der Waals surface area (Å²) >= 11 is 1.90. The van der Waals surface area contributed by atoms with E-state index in [0.717, 1.165) is 32.7 Å². The molecule has 2 aromatic rings. The van der Waals surface area contributed by atoms with Gasteiger partial charge in [-0.25, -0.2) is 0 Å². The molecule has 0 atom stereocenters. The average Bonchev–Trinajstić information content (AvgIpc) is 2.82. The van der Waals surface area contributed by atoms with Crippen molar-refractivity contribution in [2.45, 2.75) is 46.3 Å². The number of rotatable bonds is 9. The van der Waals surface area contributed by atoms with E-state index in [1.165, 1.54) is 33.4 Å². The van der Waals surface area contributed by atoms with Gasteiger partial charge >= 0.3 is 0 Å². The average molecular weight is 291 g/mol. The third-order valence-electron chi connectivity index (χ3n) is 3.38. The Hall–Kier alpha value is -0.900. The Bertz CT molecular complexity index is 521. The number of hydrogen-bond donors (Lipinski definition) is 1. The van der Waals surface area contributed by atoms with Crippen LogP contribution in [0.2, 0.25) is 0 Å². The molecule has 1 N–H and O–H groups in total. The fraction of sp³-hybridized carbons (Fsp3) is 0.529. The molecule has 0 unspecified atom stereocenters. The lowest BCUT2D eigenvalue weighted by atomic mass is 10.1. The van der Waals surface area contributed by atoms with Gasteiger partial charge in [0.05, 0.1) is 6.61 Å². The van der Waals surface area contributed by atoms with E-state index in [0.29, 0.717) is 0 Å². The van der Waals surface area contributed by atoms with Crippen molar-refractivity contribution in [1.29, 1.82) is 0 Å². The Morgan fingerprint density at radius 2 is 2.00 bits per heavy atom. The Balaban J connectivity index is 2.11. The number of benzene rings is 1. The highest BCUT2D eigenvalue weighted by Gasteiger charge is 2.11. The van der Waals surface area contributed by atoms with Crippen LogP contribution in [0.25, 0.3) is 10.1 Å². The normalized spacial score (nSPS) is 11.3. The molecule has 20 heavy (non-hydrogen) atoms. The van der Waals surface area contributed by atoms with E-state index in [2.05, 4.69) is 43.4 Å². The number of unbranched alkanes of at least 4 members (excludes halogenated alkanes) is 1. The first-order chi connectivity index (χ1) is 9.86. The molecule has 0 amide bonds. The second-order valence-electron chi connectivity index (χ2n) is 5.08. The van der Waals surface area contributed by atoms with E-state index in [4.69, 9.17) is 4.74 Å². The van der Waals surface area contributed by atoms with Crippen LogP contribution in [0.15, 0.2) is 24.3 Å². The van der Waals surface area contributed by atoms with Gasteiger partial charge in [0.1, 0.15) is 0 Å². The van der Waals surface area contributed by atoms with Gasteiger partial charge in [-0.1, -0.05) is 38.5 Å². The van der Waals surface area contributed by atoms with Crippen LogP contribution in [-0.2, 0) is 17.9 Å². The van der Waals surface area contributed by atoms with Crippen molar-refractivity contribution in [3.63, 3.8) is 0 Å². The molecule has 0 bridgehead atoms. The second kappa shape index (κ2) is 8.40. The van der Waals surface area contributed by atoms with Gasteiger partial charge in [-0.15, -0.1) is 11.3 Å². The van der Waals surface area contributed by atoms with E-state index in [1.54, 1.807) is 0 Å². The van der Waals surface area contributed by atoms with E-state index < -0.39 is 0 Å². The minimum absolute atomic E-state index is 0.743. The summed E-state index contributed by atoms with van der Waals surface area (Å²) < 4.78 is 7.22. The van der Waals surface area contributed by atoms with Crippen LogP contribution in [0.3, 0.4) is 0 Å². The van der Waals surface area contributed by atoms with Crippen LogP contribution in [0.5, 0.6) is 0 Å². The zero-order valence-corrected chi connectivity index (χ0v) is 13.4. The molecule has 3 heteroatoms. The number of hydrogen-bond acceptors (Lipinski definition) is 3. The summed E-state index contributed by atoms with van der Waals surface area (Å²) in [5, 5.41) is 4.87. The minimum Gasteiger partial charge on any atom is -0.377 e. The van der Waals surface area contributed by atoms with Gasteiger partial charge in [-0.05, 0) is 30.8 Å². The van der Waals surface area contributed by atoms with Crippen molar-refractivity contribution in [2.75, 3.05) is 13.2 Å². The maximum atomic E-state index is 5.85. The first kappa shape index (κ1) is 15.5. The predicted octanol–water partition coefficient (Wildman–Crippen LogP) is 4.72. The Labute approximate surface area is 126 Å². The van der Waals surface area contributed by atoms with Gasteiger partial charge in [-0.3, -0.25) is 0 Å². The molecular weight excluding hydrogens is 266 g/mol. The van der Waals surface area contributed by atoms with E-state index >= 15 is 0 Å². The van der Waals surface area contributed by atoms with Crippen LogP contribution in [0.1, 0.15) is 43.6 Å². The van der Waals surface area contributed by atoms with Crippen LogP contribution in [0, 0.1) is 0 Å². The summed E-state index contributed by atoms with van der Waals surface area (Å²) in [6.07, 6.45) is 3.51. The molecule has 0 fully saturated rings. The zero-order chi connectivity index (χ0) is 14.2. The maximum Gasteiger partial charge on any atom is 0.0734 e. The smallest absolute Gasteiger partial charge is 0.0734 e. The molecule has 0 spiro atoms. The molecule has 0 aliphatic carbocycles. The van der Waals surface area contributed by atoms with Gasteiger partial charge in [0.2, 0.25) is 0 Å². The van der Waals surface area contributed by atoms with Gasteiger partial charge in [0.15, 0.2) is 0 Å². The van der Waals surface area contributed by atoms with E-state index in [1.807, 2.05) is 11.3 Å². The Morgan fingerprint density at radius 3 is 2.80 bits per heavy atom. The number of fused-ring (bicyclic) bond motifs is 1. The van der Waals surface area contributed by atoms with Gasteiger partial charge in [0, 0.05) is 28.3 Å². The van der Waals surface area contributed by atoms with E-state index in [9.17, 15) is 0 Å². The fourth-order valence-electron chi connectivity index (χ4n) is 2.25. The van der Waals surface area contributed by atoms with Crippen molar-refractivity contribution >= 4 is 21.4 Å². The molecule has 0 radical (unpaired) electrons. The Kier molecular flexibility index (Phi) is 6.51. The Morgan fingerprint density at radius 1 is 1.15 bits per heavy atom. The molecule has 110 valence electrons. The number of ether oxygens (including phenoxy) is 1. The summed E-state index contributed by atoms with van der Waals surface area (Å²) in [6.45, 7) is 8.04. The lowest BCUT2D eigenvalue weighted by Gasteiger charge is -2.07. The first-order valence-corrected chi connectivity index (χ1v) is 8.46. The van der Waals surface area contributed by atoms with Gasteiger partial charge in [0.25, 0.3) is 0 Å². The molecule has 1 aromatic carbocycles. The molecule has 1 aromatic heterocycles. The van der Waals surface area contributed by atoms with Crippen LogP contribution in [0.4, 0.5) is 0 Å². The summed E-state index contributed by atoms with van der Waals surface area (Å²) in [5.41, 5.74) is 1.38. The number of thiophene rings is 1. The predicted molar refractivity (Wildman–Crippen MR) is 88.4 cm³/mol. The SMILES string of the molecule is CCCCOCc1c(CNCCC)sc2ccccc12. The lowest BCUT2D eigenvalue weighted by molar-refractivity contribution is 0.118. The van der Waals surface area contributed by atoms with Crippen molar-refractivity contribution in [3.8, 4) is 0 Å². The summed E-state index contributed by atoms with van der Waals surface area (Å²) in [4.78, 5) is 1.43. The minimum atomic E-state index is 0.743. The third-order valence-corrected chi connectivity index (χ3v) is 4.60. The molecule has 0 aliphatic rings. The third kappa shape index (κ3) is 4.05. The standard InChI is InChI=1S/C17H25NOS/c1-3-5-11-19-13-15-14-8-6-7-9-16(14)20-17(15)12-18-10-4-2/h6-9,18H,3-5,10-13H2,1-2H3. The highest BCUT2D eigenvalue weighted by atomic mass is 32.1. The molecular formula is C17H25NOS. The van der Waals surface area contributed by atoms with Crippen LogP contribution < -0.4 is 5.32 Å². The quantitative estimate of drug-likeness (QED) is 0.675. The van der Waals surface area contributed by atoms with Gasteiger partial charge in [-0.2, -0.15) is 0 Å². The molecule has 0 saturated heterocycles. The van der Waals surface area contributed by atoms with E-state index in [-0.39, 0.29) is 0 Å². The lowest BCUT2D eigenvalue weighted by Crippen LogP contribution is -2.14. The van der Waals surface area contributed by atoms with Gasteiger partial charge < -0.3 is 10.1 Å². The van der Waals surface area contributed by atoms with Crippen LogP contribution in [-0.4, -0.2) is 13.2 Å². The first-order valence-electron chi connectivity index (χ1n) is 7.64. The number of nitrogens with one attached hydrogen (secondary N) is 1. The highest BCUT2D eigenvalue weighted by molar-refractivity contribution is 7.19. The largest absolute Gasteiger partial charge is 0.377 e. The maximum absolute atomic E-state index is 5.85. The van der Waals surface area contributed by atoms with Crippen molar-refractivity contribution in [1.82, 2.24) is 5.32 Å². The topological polar surface area (TPSA) is 21.3 Å². The molecule has 2 nitrogen and oxygen atoms in total. The molecule has 1 heterocycles. The monoisotopic (exact) mass is 291 g/mol. The summed E-state index contributed by atoms with van der Waals surface area (Å²) in [5.74, 6) is 0. The zero-order valence-electron chi connectivity index (χ0n) is 12.6. The van der Waals surface area contributed by atoms with Crippen molar-refractivity contribution in [2.24, 2.45) is 0 Å². The highest BCUT2D eigenvalue weighted by Crippen LogP contribution is 2.31. The van der Waals surface area contributed by atoms with Crippen molar-refractivity contribution in [3.05, 3.63) is 34.7 Å². The summed E-state index contributed by atoms with van der Waals surface area (Å²) in [6, 6.07) is 8.66. The molecule has 2 rings (SSSR count). The summed E-state index contributed by atoms with van der Waals surface area (Å²) in [7, 11) is 0.